The summed E-state index contributed by atoms with van der Waals surface area (Å²) in [6.45, 7) is 8.24. The molecule has 2 nitrogen and oxygen atoms in total. The zero-order chi connectivity index (χ0) is 12.4. The first kappa shape index (κ1) is 12.9. The molecule has 0 amide bonds. The van der Waals surface area contributed by atoms with E-state index in [1.165, 1.54) is 16.7 Å². The Kier molecular flexibility index (Phi) is 4.08. The zero-order valence-corrected chi connectivity index (χ0v) is 11.5. The van der Waals surface area contributed by atoms with Crippen molar-refractivity contribution in [3.8, 4) is 0 Å². The third kappa shape index (κ3) is 3.21. The molecule has 1 aliphatic heterocycles. The Labute approximate surface area is 108 Å². The van der Waals surface area contributed by atoms with Crippen LogP contribution in [0.4, 0.5) is 0 Å². The molecule has 1 aliphatic rings. The highest BCUT2D eigenvalue weighted by Crippen LogP contribution is 2.22. The second-order valence-corrected chi connectivity index (χ2v) is 5.39. The van der Waals surface area contributed by atoms with Crippen molar-refractivity contribution in [2.75, 3.05) is 13.1 Å². The van der Waals surface area contributed by atoms with Crippen LogP contribution >= 0.6 is 11.6 Å². The number of morpholine rings is 1. The van der Waals surface area contributed by atoms with Crippen molar-refractivity contribution < 1.29 is 4.74 Å². The first-order chi connectivity index (χ1) is 8.06. The van der Waals surface area contributed by atoms with E-state index in [2.05, 4.69) is 26.1 Å². The van der Waals surface area contributed by atoms with Crippen molar-refractivity contribution >= 4 is 11.6 Å². The lowest BCUT2D eigenvalue weighted by Crippen LogP contribution is -2.44. The van der Waals surface area contributed by atoms with Crippen molar-refractivity contribution in [3.63, 3.8) is 0 Å². The number of halogens is 1. The van der Waals surface area contributed by atoms with Crippen molar-refractivity contribution in [1.82, 2.24) is 5.32 Å². The Morgan fingerprint density at radius 3 is 2.53 bits per heavy atom. The van der Waals surface area contributed by atoms with Crippen molar-refractivity contribution in [1.29, 1.82) is 0 Å². The molecule has 1 N–H and O–H groups in total. The van der Waals surface area contributed by atoms with Gasteiger partial charge in [-0.05, 0) is 49.6 Å². The van der Waals surface area contributed by atoms with Crippen LogP contribution in [-0.2, 0) is 11.2 Å². The number of benzene rings is 1. The highest BCUT2D eigenvalue weighted by Gasteiger charge is 2.20. The highest BCUT2D eigenvalue weighted by atomic mass is 35.5. The second-order valence-electron chi connectivity index (χ2n) is 4.95. The first-order valence-electron chi connectivity index (χ1n) is 6.18. The maximum absolute atomic E-state index is 6.04. The molecule has 2 unspecified atom stereocenters. The molecule has 1 heterocycles. The van der Waals surface area contributed by atoms with Gasteiger partial charge in [0, 0.05) is 24.5 Å². The van der Waals surface area contributed by atoms with E-state index in [9.17, 15) is 0 Å². The van der Waals surface area contributed by atoms with Gasteiger partial charge in [0.15, 0.2) is 0 Å². The molecule has 2 rings (SSSR count). The van der Waals surface area contributed by atoms with Crippen LogP contribution in [-0.4, -0.2) is 25.3 Å². The number of aryl methyl sites for hydroxylation is 2. The van der Waals surface area contributed by atoms with Crippen molar-refractivity contribution in [2.45, 2.75) is 39.4 Å². The summed E-state index contributed by atoms with van der Waals surface area (Å²) in [6, 6.07) is 4.06. The highest BCUT2D eigenvalue weighted by molar-refractivity contribution is 6.30. The van der Waals surface area contributed by atoms with Gasteiger partial charge in [0.05, 0.1) is 12.2 Å². The molecule has 2 atom stereocenters. The number of nitrogens with one attached hydrogen (secondary N) is 1. The number of ether oxygens (including phenoxy) is 1. The van der Waals surface area contributed by atoms with Gasteiger partial charge in [0.1, 0.15) is 0 Å². The smallest absolute Gasteiger partial charge is 0.0744 e. The molecule has 0 aromatic heterocycles. The third-order valence-electron chi connectivity index (χ3n) is 3.32. The first-order valence-corrected chi connectivity index (χ1v) is 6.56. The minimum Gasteiger partial charge on any atom is -0.372 e. The van der Waals surface area contributed by atoms with Crippen LogP contribution in [0.3, 0.4) is 0 Å². The molecule has 1 fully saturated rings. The van der Waals surface area contributed by atoms with E-state index in [4.69, 9.17) is 16.3 Å². The molecule has 0 spiro atoms. The van der Waals surface area contributed by atoms with Gasteiger partial charge in [0.2, 0.25) is 0 Å². The molecule has 17 heavy (non-hydrogen) atoms. The molecule has 0 radical (unpaired) electrons. The lowest BCUT2D eigenvalue weighted by molar-refractivity contribution is -0.0264. The molecule has 0 bridgehead atoms. The van der Waals surface area contributed by atoms with Crippen LogP contribution < -0.4 is 5.32 Å². The van der Waals surface area contributed by atoms with Gasteiger partial charge in [-0.15, -0.1) is 0 Å². The van der Waals surface area contributed by atoms with Crippen LogP contribution in [0.25, 0.3) is 0 Å². The molecular formula is C14H20ClNO. The fourth-order valence-corrected chi connectivity index (χ4v) is 2.81. The number of hydrogen-bond acceptors (Lipinski definition) is 2. The van der Waals surface area contributed by atoms with Gasteiger partial charge in [0.25, 0.3) is 0 Å². The van der Waals surface area contributed by atoms with Gasteiger partial charge in [-0.25, -0.2) is 0 Å². The fraction of sp³-hybridized carbons (Fsp3) is 0.571. The molecule has 1 saturated heterocycles. The van der Waals surface area contributed by atoms with Crippen LogP contribution in [0, 0.1) is 13.8 Å². The fourth-order valence-electron chi connectivity index (χ4n) is 2.48. The van der Waals surface area contributed by atoms with Gasteiger partial charge in [-0.2, -0.15) is 0 Å². The van der Waals surface area contributed by atoms with Gasteiger partial charge in [-0.3, -0.25) is 0 Å². The Morgan fingerprint density at radius 1 is 1.29 bits per heavy atom. The predicted molar refractivity (Wildman–Crippen MR) is 71.8 cm³/mol. The maximum Gasteiger partial charge on any atom is 0.0744 e. The minimum atomic E-state index is 0.275. The van der Waals surface area contributed by atoms with E-state index in [1.807, 2.05) is 12.1 Å². The maximum atomic E-state index is 6.04. The summed E-state index contributed by atoms with van der Waals surface area (Å²) in [7, 11) is 0. The van der Waals surface area contributed by atoms with Crippen LogP contribution in [0.5, 0.6) is 0 Å². The van der Waals surface area contributed by atoms with E-state index < -0.39 is 0 Å². The quantitative estimate of drug-likeness (QED) is 0.875. The summed E-state index contributed by atoms with van der Waals surface area (Å²) >= 11 is 6.04. The molecular weight excluding hydrogens is 234 g/mol. The summed E-state index contributed by atoms with van der Waals surface area (Å²) in [4.78, 5) is 0. The Morgan fingerprint density at radius 2 is 1.94 bits per heavy atom. The Balaban J connectivity index is 2.12. The third-order valence-corrected chi connectivity index (χ3v) is 3.54. The normalized spacial score (nSPS) is 24.9. The average Bonchev–Trinajstić information content (AvgIpc) is 2.23. The van der Waals surface area contributed by atoms with Gasteiger partial charge in [-0.1, -0.05) is 11.6 Å². The van der Waals surface area contributed by atoms with Gasteiger partial charge < -0.3 is 10.1 Å². The summed E-state index contributed by atoms with van der Waals surface area (Å²) in [5, 5.41) is 4.22. The van der Waals surface area contributed by atoms with Crippen LogP contribution in [0.2, 0.25) is 5.02 Å². The molecule has 1 aromatic carbocycles. The topological polar surface area (TPSA) is 21.3 Å². The van der Waals surface area contributed by atoms with E-state index in [0.717, 1.165) is 24.5 Å². The van der Waals surface area contributed by atoms with Crippen molar-refractivity contribution in [3.05, 3.63) is 33.8 Å². The van der Waals surface area contributed by atoms with Crippen LogP contribution in [0.15, 0.2) is 12.1 Å². The Hall–Kier alpha value is -0.570. The lowest BCUT2D eigenvalue weighted by Gasteiger charge is -2.29. The average molecular weight is 254 g/mol. The van der Waals surface area contributed by atoms with E-state index >= 15 is 0 Å². The summed E-state index contributed by atoms with van der Waals surface area (Å²) in [6.07, 6.45) is 1.55. The van der Waals surface area contributed by atoms with Crippen LogP contribution in [0.1, 0.15) is 23.6 Å². The zero-order valence-electron chi connectivity index (χ0n) is 10.7. The van der Waals surface area contributed by atoms with E-state index in [1.54, 1.807) is 0 Å². The second kappa shape index (κ2) is 5.38. The SMILES string of the molecule is Cc1cc(Cl)cc(C)c1CC1CNCC(C)O1. The molecule has 0 saturated carbocycles. The largest absolute Gasteiger partial charge is 0.372 e. The summed E-state index contributed by atoms with van der Waals surface area (Å²) in [5.41, 5.74) is 3.89. The predicted octanol–water partition coefficient (Wildman–Crippen LogP) is 2.88. The monoisotopic (exact) mass is 253 g/mol. The summed E-state index contributed by atoms with van der Waals surface area (Å²) < 4.78 is 5.93. The molecule has 0 aliphatic carbocycles. The standard InChI is InChI=1S/C14H20ClNO/c1-9-4-12(15)5-10(2)14(9)6-13-8-16-7-11(3)17-13/h4-5,11,13,16H,6-8H2,1-3H3. The summed E-state index contributed by atoms with van der Waals surface area (Å²) in [5.74, 6) is 0. The molecule has 3 heteroatoms. The number of rotatable bonds is 2. The van der Waals surface area contributed by atoms with E-state index in [-0.39, 0.29) is 6.10 Å². The van der Waals surface area contributed by atoms with Crippen molar-refractivity contribution in [2.24, 2.45) is 0 Å². The van der Waals surface area contributed by atoms with Gasteiger partial charge >= 0.3 is 0 Å². The lowest BCUT2D eigenvalue weighted by atomic mass is 9.97. The Bertz CT molecular complexity index is 382. The van der Waals surface area contributed by atoms with E-state index in [0.29, 0.717) is 6.10 Å². The minimum absolute atomic E-state index is 0.275. The number of hydrogen-bond donors (Lipinski definition) is 1. The molecule has 1 aromatic rings. The molecule has 94 valence electrons.